The summed E-state index contributed by atoms with van der Waals surface area (Å²) < 4.78 is 5.11. The molecule has 76 valence electrons. The lowest BCUT2D eigenvalue weighted by molar-refractivity contribution is -0.150. The first-order valence-electron chi connectivity index (χ1n) is 4.15. The summed E-state index contributed by atoms with van der Waals surface area (Å²) in [5.74, 6) is -0.421. The van der Waals surface area contributed by atoms with Gasteiger partial charge in [0, 0.05) is 12.7 Å². The van der Waals surface area contributed by atoms with Crippen molar-refractivity contribution in [2.24, 2.45) is 5.73 Å². The molecule has 0 saturated heterocycles. The average molecular weight is 186 g/mol. The lowest BCUT2D eigenvalue weighted by Crippen LogP contribution is -2.30. The molecule has 0 saturated carbocycles. The van der Waals surface area contributed by atoms with Crippen molar-refractivity contribution in [1.29, 1.82) is 0 Å². The molecule has 0 bridgehead atoms. The number of carbonyl (C=O) groups is 1. The van der Waals surface area contributed by atoms with Gasteiger partial charge in [-0.15, -0.1) is 0 Å². The third-order valence-electron chi connectivity index (χ3n) is 1.25. The molecule has 0 aromatic heterocycles. The molecule has 0 aliphatic carbocycles. The van der Waals surface area contributed by atoms with Crippen LogP contribution in [0.15, 0.2) is 11.4 Å². The van der Waals surface area contributed by atoms with E-state index in [9.17, 15) is 4.79 Å². The van der Waals surface area contributed by atoms with Crippen molar-refractivity contribution >= 4 is 5.97 Å². The van der Waals surface area contributed by atoms with Crippen molar-refractivity contribution in [3.05, 3.63) is 11.4 Å². The maximum absolute atomic E-state index is 11.4. The molecule has 0 radical (unpaired) electrons. The van der Waals surface area contributed by atoms with Gasteiger partial charge in [0.05, 0.1) is 0 Å². The van der Waals surface area contributed by atoms with Crippen LogP contribution in [0.25, 0.3) is 0 Å². The van der Waals surface area contributed by atoms with E-state index < -0.39 is 11.6 Å². The molecule has 0 amide bonds. The molecule has 3 N–H and O–H groups in total. The van der Waals surface area contributed by atoms with Gasteiger partial charge in [0.15, 0.2) is 0 Å². The molecule has 0 aromatic carbocycles. The first-order valence-corrected chi connectivity index (χ1v) is 4.15. The fraction of sp³-hybridized carbons (Fsp3) is 0.667. The Bertz CT molecular complexity index is 222. The molecule has 0 fully saturated rings. The highest BCUT2D eigenvalue weighted by molar-refractivity contribution is 5.88. The molecule has 0 aromatic rings. The standard InChI is InChI=1S/C9H18N2O2/c1-6(10)7(11-5)8(12)13-9(2,3)4/h11H,10H2,1-5H3/b7-6-. The lowest BCUT2D eigenvalue weighted by Gasteiger charge is -2.20. The zero-order valence-electron chi connectivity index (χ0n) is 8.89. The van der Waals surface area contributed by atoms with Crippen molar-refractivity contribution in [2.45, 2.75) is 33.3 Å². The van der Waals surface area contributed by atoms with Crippen LogP contribution >= 0.6 is 0 Å². The maximum Gasteiger partial charge on any atom is 0.356 e. The predicted molar refractivity (Wildman–Crippen MR) is 51.8 cm³/mol. The maximum atomic E-state index is 11.4. The lowest BCUT2D eigenvalue weighted by atomic mass is 10.2. The summed E-state index contributed by atoms with van der Waals surface area (Å²) in [7, 11) is 1.63. The summed E-state index contributed by atoms with van der Waals surface area (Å²) >= 11 is 0. The van der Waals surface area contributed by atoms with Crippen molar-refractivity contribution in [3.63, 3.8) is 0 Å². The van der Waals surface area contributed by atoms with Crippen LogP contribution in [0.5, 0.6) is 0 Å². The van der Waals surface area contributed by atoms with E-state index in [0.717, 1.165) is 0 Å². The molecular weight excluding hydrogens is 168 g/mol. The second kappa shape index (κ2) is 4.16. The predicted octanol–water partition coefficient (Wildman–Crippen LogP) is 0.738. The summed E-state index contributed by atoms with van der Waals surface area (Å²) in [5.41, 5.74) is 5.73. The number of allylic oxidation sites excluding steroid dienone is 1. The van der Waals surface area contributed by atoms with Crippen LogP contribution in [0.1, 0.15) is 27.7 Å². The monoisotopic (exact) mass is 186 g/mol. The Morgan fingerprint density at radius 2 is 1.85 bits per heavy atom. The smallest absolute Gasteiger partial charge is 0.356 e. The highest BCUT2D eigenvalue weighted by Crippen LogP contribution is 2.10. The Balaban J connectivity index is 4.52. The van der Waals surface area contributed by atoms with Crippen LogP contribution in [0.2, 0.25) is 0 Å². The number of rotatable bonds is 2. The molecule has 0 spiro atoms. The first-order chi connectivity index (χ1) is 5.78. The van der Waals surface area contributed by atoms with Crippen molar-refractivity contribution in [2.75, 3.05) is 7.05 Å². The number of nitrogens with one attached hydrogen (secondary N) is 1. The number of hydrogen-bond donors (Lipinski definition) is 2. The van der Waals surface area contributed by atoms with Crippen LogP contribution in [-0.4, -0.2) is 18.6 Å². The minimum atomic E-state index is -0.491. The minimum Gasteiger partial charge on any atom is -0.455 e. The number of hydrogen-bond acceptors (Lipinski definition) is 4. The third kappa shape index (κ3) is 4.40. The molecule has 0 heterocycles. The van der Waals surface area contributed by atoms with Crippen LogP contribution < -0.4 is 11.1 Å². The summed E-state index contributed by atoms with van der Waals surface area (Å²) in [6, 6.07) is 0. The number of nitrogens with two attached hydrogens (primary N) is 1. The van der Waals surface area contributed by atoms with E-state index in [0.29, 0.717) is 11.4 Å². The number of ether oxygens (including phenoxy) is 1. The van der Waals surface area contributed by atoms with Gasteiger partial charge in [-0.3, -0.25) is 0 Å². The molecule has 0 unspecified atom stereocenters. The molecule has 13 heavy (non-hydrogen) atoms. The van der Waals surface area contributed by atoms with E-state index in [4.69, 9.17) is 10.5 Å². The third-order valence-corrected chi connectivity index (χ3v) is 1.25. The van der Waals surface area contributed by atoms with Gasteiger partial charge in [0.1, 0.15) is 11.3 Å². The van der Waals surface area contributed by atoms with Crippen LogP contribution in [0, 0.1) is 0 Å². The highest BCUT2D eigenvalue weighted by atomic mass is 16.6. The van der Waals surface area contributed by atoms with Crippen LogP contribution in [-0.2, 0) is 9.53 Å². The summed E-state index contributed by atoms with van der Waals surface area (Å²) in [5, 5.41) is 2.70. The second-order valence-electron chi connectivity index (χ2n) is 3.81. The summed E-state index contributed by atoms with van der Waals surface area (Å²) in [6.45, 7) is 7.08. The van der Waals surface area contributed by atoms with Gasteiger partial charge in [-0.2, -0.15) is 0 Å². The van der Waals surface area contributed by atoms with Gasteiger partial charge in [-0.05, 0) is 27.7 Å². The van der Waals surface area contributed by atoms with E-state index in [2.05, 4.69) is 5.32 Å². The first kappa shape index (κ1) is 11.8. The van der Waals surface area contributed by atoms with Crippen molar-refractivity contribution in [3.8, 4) is 0 Å². The molecule has 0 atom stereocenters. The summed E-state index contributed by atoms with van der Waals surface area (Å²) in [6.07, 6.45) is 0. The van der Waals surface area contributed by atoms with E-state index in [1.165, 1.54) is 0 Å². The van der Waals surface area contributed by atoms with Gasteiger partial charge in [0.25, 0.3) is 0 Å². The zero-order chi connectivity index (χ0) is 10.6. The Morgan fingerprint density at radius 3 is 2.08 bits per heavy atom. The minimum absolute atomic E-state index is 0.315. The van der Waals surface area contributed by atoms with Gasteiger partial charge >= 0.3 is 5.97 Å². The van der Waals surface area contributed by atoms with Gasteiger partial charge in [-0.25, -0.2) is 4.79 Å². The quantitative estimate of drug-likeness (QED) is 0.493. The van der Waals surface area contributed by atoms with E-state index >= 15 is 0 Å². The molecule has 0 aliphatic rings. The fourth-order valence-electron chi connectivity index (χ4n) is 0.789. The molecule has 4 nitrogen and oxygen atoms in total. The average Bonchev–Trinajstić information content (AvgIpc) is 1.82. The van der Waals surface area contributed by atoms with Gasteiger partial charge < -0.3 is 15.8 Å². The summed E-state index contributed by atoms with van der Waals surface area (Å²) in [4.78, 5) is 11.4. The van der Waals surface area contributed by atoms with E-state index in [1.807, 2.05) is 20.8 Å². The topological polar surface area (TPSA) is 64.3 Å². The van der Waals surface area contributed by atoms with Gasteiger partial charge in [-0.1, -0.05) is 0 Å². The second-order valence-corrected chi connectivity index (χ2v) is 3.81. The number of likely N-dealkylation sites (N-methyl/N-ethyl adjacent to an activating group) is 1. The Labute approximate surface area is 79.1 Å². The number of esters is 1. The van der Waals surface area contributed by atoms with Crippen LogP contribution in [0.3, 0.4) is 0 Å². The molecule has 0 rings (SSSR count). The van der Waals surface area contributed by atoms with E-state index in [-0.39, 0.29) is 0 Å². The molecular formula is C9H18N2O2. The normalized spacial score (nSPS) is 13.3. The largest absolute Gasteiger partial charge is 0.455 e. The molecule has 0 aliphatic heterocycles. The van der Waals surface area contributed by atoms with Crippen molar-refractivity contribution < 1.29 is 9.53 Å². The van der Waals surface area contributed by atoms with Crippen LogP contribution in [0.4, 0.5) is 0 Å². The fourth-order valence-corrected chi connectivity index (χ4v) is 0.789. The van der Waals surface area contributed by atoms with Crippen molar-refractivity contribution in [1.82, 2.24) is 5.32 Å². The highest BCUT2D eigenvalue weighted by Gasteiger charge is 2.19. The number of carbonyl (C=O) groups excluding carboxylic acids is 1. The van der Waals surface area contributed by atoms with Gasteiger partial charge in [0.2, 0.25) is 0 Å². The Hall–Kier alpha value is -1.19. The SMILES string of the molecule is CN/C(C(=O)OC(C)(C)C)=C(/C)N. The zero-order valence-corrected chi connectivity index (χ0v) is 8.89. The Kier molecular flexibility index (Phi) is 3.78. The molecule has 4 heteroatoms. The van der Waals surface area contributed by atoms with E-state index in [1.54, 1.807) is 14.0 Å². The Morgan fingerprint density at radius 1 is 1.38 bits per heavy atom.